The van der Waals surface area contributed by atoms with Crippen molar-refractivity contribution in [3.63, 3.8) is 0 Å². The lowest BCUT2D eigenvalue weighted by atomic mass is 10.0. The number of hydrogen-bond donors (Lipinski definition) is 0. The molecule has 150 valence electrons. The van der Waals surface area contributed by atoms with Gasteiger partial charge in [0.25, 0.3) is 0 Å². The number of ether oxygens (including phenoxy) is 1. The zero-order valence-corrected chi connectivity index (χ0v) is 16.9. The van der Waals surface area contributed by atoms with Crippen molar-refractivity contribution in [3.8, 4) is 16.9 Å². The van der Waals surface area contributed by atoms with E-state index < -0.39 is 0 Å². The summed E-state index contributed by atoms with van der Waals surface area (Å²) in [6, 6.07) is 14.2. The molecule has 1 aliphatic rings. The summed E-state index contributed by atoms with van der Waals surface area (Å²) in [7, 11) is 0. The molecule has 0 aliphatic carbocycles. The van der Waals surface area contributed by atoms with Gasteiger partial charge in [0, 0.05) is 17.8 Å². The summed E-state index contributed by atoms with van der Waals surface area (Å²) >= 11 is 0. The Hall–Kier alpha value is -3.15. The van der Waals surface area contributed by atoms with Crippen molar-refractivity contribution >= 4 is 5.91 Å². The Labute approximate surface area is 169 Å². The van der Waals surface area contributed by atoms with Gasteiger partial charge in [-0.25, -0.2) is 4.39 Å². The Kier molecular flexibility index (Phi) is 5.09. The second-order valence-electron chi connectivity index (χ2n) is 7.60. The van der Waals surface area contributed by atoms with Crippen LogP contribution in [0.15, 0.2) is 48.5 Å². The van der Waals surface area contributed by atoms with E-state index in [-0.39, 0.29) is 24.3 Å². The largest absolute Gasteiger partial charge is 0.491 e. The van der Waals surface area contributed by atoms with Crippen molar-refractivity contribution in [3.05, 3.63) is 71.3 Å². The van der Waals surface area contributed by atoms with Gasteiger partial charge >= 0.3 is 0 Å². The molecule has 1 aromatic heterocycles. The fourth-order valence-corrected chi connectivity index (χ4v) is 3.69. The molecule has 1 aliphatic heterocycles. The van der Waals surface area contributed by atoms with Gasteiger partial charge in [0.1, 0.15) is 24.7 Å². The second kappa shape index (κ2) is 7.70. The minimum Gasteiger partial charge on any atom is -0.491 e. The Balaban J connectivity index is 1.60. The highest BCUT2D eigenvalue weighted by Crippen LogP contribution is 2.30. The first kappa shape index (κ1) is 19.2. The van der Waals surface area contributed by atoms with Crippen LogP contribution in [0.3, 0.4) is 0 Å². The lowest BCUT2D eigenvalue weighted by Gasteiger charge is -2.26. The number of carbonyl (C=O) groups excluding carboxylic acids is 1. The van der Waals surface area contributed by atoms with Gasteiger partial charge in [0.15, 0.2) is 0 Å². The molecule has 2 aromatic carbocycles. The van der Waals surface area contributed by atoms with Crippen LogP contribution >= 0.6 is 0 Å². The molecule has 0 saturated heterocycles. The van der Waals surface area contributed by atoms with Crippen LogP contribution in [0.4, 0.5) is 4.39 Å². The number of rotatable bonds is 3. The highest BCUT2D eigenvalue weighted by atomic mass is 19.1. The van der Waals surface area contributed by atoms with Crippen molar-refractivity contribution in [2.24, 2.45) is 0 Å². The first-order valence-electron chi connectivity index (χ1n) is 9.73. The van der Waals surface area contributed by atoms with Crippen LogP contribution in [0.5, 0.6) is 5.75 Å². The van der Waals surface area contributed by atoms with E-state index in [0.717, 1.165) is 33.8 Å². The van der Waals surface area contributed by atoms with Gasteiger partial charge in [-0.1, -0.05) is 18.2 Å². The van der Waals surface area contributed by atoms with E-state index in [2.05, 4.69) is 5.10 Å². The fourth-order valence-electron chi connectivity index (χ4n) is 3.69. The van der Waals surface area contributed by atoms with Crippen LogP contribution in [-0.2, 0) is 17.9 Å². The van der Waals surface area contributed by atoms with Gasteiger partial charge in [-0.15, -0.1) is 0 Å². The molecule has 2 heterocycles. The number of amides is 1. The zero-order chi connectivity index (χ0) is 20.5. The molecular weight excluding hydrogens is 369 g/mol. The minimum atomic E-state index is -0.262. The van der Waals surface area contributed by atoms with Crippen LogP contribution in [-0.4, -0.2) is 33.2 Å². The molecule has 29 heavy (non-hydrogen) atoms. The number of aryl methyl sites for hydroxylation is 2. The maximum atomic E-state index is 13.3. The molecule has 5 nitrogen and oxygen atoms in total. The highest BCUT2D eigenvalue weighted by molar-refractivity contribution is 5.77. The summed E-state index contributed by atoms with van der Waals surface area (Å²) in [5.41, 5.74) is 4.70. The average Bonchev–Trinajstić information content (AvgIpc) is 2.91. The quantitative estimate of drug-likeness (QED) is 0.673. The predicted octanol–water partition coefficient (Wildman–Crippen LogP) is 4.12. The Morgan fingerprint density at radius 1 is 1.14 bits per heavy atom. The van der Waals surface area contributed by atoms with Gasteiger partial charge in [0.2, 0.25) is 5.91 Å². The molecular formula is C23H24FN3O2. The van der Waals surface area contributed by atoms with Gasteiger partial charge in [-0.05, 0) is 62.2 Å². The SMILES string of the molecule is Cc1cc(C)n(CC(=O)N2Cc3cc(-c4ccc(F)cc4)ccc3OC[C@@H]2C)n1. The highest BCUT2D eigenvalue weighted by Gasteiger charge is 2.26. The predicted molar refractivity (Wildman–Crippen MR) is 109 cm³/mol. The normalized spacial score (nSPS) is 16.1. The van der Waals surface area contributed by atoms with Crippen molar-refractivity contribution in [1.29, 1.82) is 0 Å². The summed E-state index contributed by atoms with van der Waals surface area (Å²) in [6.45, 7) is 6.97. The van der Waals surface area contributed by atoms with Crippen LogP contribution in [0.2, 0.25) is 0 Å². The molecule has 0 radical (unpaired) electrons. The Morgan fingerprint density at radius 3 is 2.55 bits per heavy atom. The lowest BCUT2D eigenvalue weighted by molar-refractivity contribution is -0.135. The molecule has 0 N–H and O–H groups in total. The summed E-state index contributed by atoms with van der Waals surface area (Å²) in [4.78, 5) is 14.9. The molecule has 0 unspecified atom stereocenters. The number of aromatic nitrogens is 2. The molecule has 0 bridgehead atoms. The number of carbonyl (C=O) groups is 1. The topological polar surface area (TPSA) is 47.4 Å². The number of benzene rings is 2. The maximum Gasteiger partial charge on any atom is 0.244 e. The van der Waals surface area contributed by atoms with Gasteiger partial charge < -0.3 is 9.64 Å². The van der Waals surface area contributed by atoms with Crippen molar-refractivity contribution in [2.75, 3.05) is 6.61 Å². The van der Waals surface area contributed by atoms with Gasteiger partial charge in [-0.2, -0.15) is 5.10 Å². The third kappa shape index (κ3) is 4.01. The second-order valence-corrected chi connectivity index (χ2v) is 7.60. The smallest absolute Gasteiger partial charge is 0.244 e. The van der Waals surface area contributed by atoms with E-state index >= 15 is 0 Å². The summed E-state index contributed by atoms with van der Waals surface area (Å²) in [5, 5.41) is 4.41. The molecule has 6 heteroatoms. The van der Waals surface area contributed by atoms with Crippen LogP contribution in [0, 0.1) is 19.7 Å². The molecule has 0 fully saturated rings. The first-order chi connectivity index (χ1) is 13.9. The van der Waals surface area contributed by atoms with Crippen molar-refractivity contribution in [1.82, 2.24) is 14.7 Å². The standard InChI is InChI=1S/C23H24FN3O2/c1-15-10-16(2)27(25-15)13-23(28)26-12-20-11-19(18-4-7-21(24)8-5-18)6-9-22(20)29-14-17(26)3/h4-11,17H,12-14H2,1-3H3/t17-/m0/s1. The first-order valence-corrected chi connectivity index (χ1v) is 9.73. The summed E-state index contributed by atoms with van der Waals surface area (Å²) in [5.74, 6) is 0.526. The monoisotopic (exact) mass is 393 g/mol. The molecule has 0 saturated carbocycles. The minimum absolute atomic E-state index is 0.00679. The lowest BCUT2D eigenvalue weighted by Crippen LogP contribution is -2.41. The average molecular weight is 393 g/mol. The zero-order valence-electron chi connectivity index (χ0n) is 16.9. The van der Waals surface area contributed by atoms with E-state index in [1.165, 1.54) is 12.1 Å². The Morgan fingerprint density at radius 2 is 1.86 bits per heavy atom. The number of nitrogens with zero attached hydrogens (tertiary/aromatic N) is 3. The number of hydrogen-bond acceptors (Lipinski definition) is 3. The van der Waals surface area contributed by atoms with E-state index in [1.54, 1.807) is 16.8 Å². The molecule has 1 amide bonds. The molecule has 0 spiro atoms. The summed E-state index contributed by atoms with van der Waals surface area (Å²) in [6.07, 6.45) is 0. The van der Waals surface area contributed by atoms with Crippen LogP contribution in [0.25, 0.3) is 11.1 Å². The van der Waals surface area contributed by atoms with E-state index in [9.17, 15) is 9.18 Å². The Bertz CT molecular complexity index is 1040. The van der Waals surface area contributed by atoms with Crippen LogP contribution in [0.1, 0.15) is 23.9 Å². The van der Waals surface area contributed by atoms with Crippen molar-refractivity contribution in [2.45, 2.75) is 39.9 Å². The van der Waals surface area contributed by atoms with E-state index in [4.69, 9.17) is 4.74 Å². The molecule has 1 atom stereocenters. The molecule has 4 rings (SSSR count). The van der Waals surface area contributed by atoms with Crippen molar-refractivity contribution < 1.29 is 13.9 Å². The van der Waals surface area contributed by atoms with E-state index in [1.807, 2.05) is 49.9 Å². The third-order valence-electron chi connectivity index (χ3n) is 5.30. The maximum absolute atomic E-state index is 13.3. The van der Waals surface area contributed by atoms with Gasteiger partial charge in [-0.3, -0.25) is 9.48 Å². The number of fused-ring (bicyclic) bond motifs is 1. The van der Waals surface area contributed by atoms with E-state index in [0.29, 0.717) is 13.2 Å². The summed E-state index contributed by atoms with van der Waals surface area (Å²) < 4.78 is 20.9. The third-order valence-corrected chi connectivity index (χ3v) is 5.30. The van der Waals surface area contributed by atoms with Gasteiger partial charge in [0.05, 0.1) is 11.7 Å². The number of halogens is 1. The fraction of sp³-hybridized carbons (Fsp3) is 0.304. The van der Waals surface area contributed by atoms with Crippen LogP contribution < -0.4 is 4.74 Å². The molecule has 3 aromatic rings.